The zero-order valence-corrected chi connectivity index (χ0v) is 12.7. The lowest BCUT2D eigenvalue weighted by Crippen LogP contribution is -2.43. The summed E-state index contributed by atoms with van der Waals surface area (Å²) in [5.74, 6) is 2.74. The van der Waals surface area contributed by atoms with Gasteiger partial charge in [-0.25, -0.2) is 0 Å². The number of likely N-dealkylation sites (tertiary alicyclic amines) is 1. The van der Waals surface area contributed by atoms with Gasteiger partial charge >= 0.3 is 0 Å². The molecule has 2 heteroatoms. The zero-order valence-electron chi connectivity index (χ0n) is 12.7. The molecule has 108 valence electrons. The number of aryl methyl sites for hydroxylation is 1. The Labute approximate surface area is 123 Å². The van der Waals surface area contributed by atoms with Crippen LogP contribution in [0.1, 0.15) is 43.4 Å². The number of hydrogen-bond acceptors (Lipinski definition) is 2. The molecule has 1 saturated heterocycles. The van der Waals surface area contributed by atoms with Gasteiger partial charge in [-0.15, -0.1) is 6.42 Å². The molecule has 0 bridgehead atoms. The fourth-order valence-electron chi connectivity index (χ4n) is 2.92. The van der Waals surface area contributed by atoms with Crippen molar-refractivity contribution < 1.29 is 0 Å². The Morgan fingerprint density at radius 1 is 1.30 bits per heavy atom. The van der Waals surface area contributed by atoms with Gasteiger partial charge in [-0.2, -0.15) is 0 Å². The second-order valence-corrected chi connectivity index (χ2v) is 5.79. The van der Waals surface area contributed by atoms with Crippen LogP contribution < -0.4 is 5.32 Å². The predicted octanol–water partition coefficient (Wildman–Crippen LogP) is 3.13. The van der Waals surface area contributed by atoms with E-state index in [9.17, 15) is 0 Å². The van der Waals surface area contributed by atoms with Crippen LogP contribution in [-0.4, -0.2) is 30.6 Å². The number of nitrogens with zero attached hydrogens (tertiary/aromatic N) is 1. The molecule has 1 aliphatic heterocycles. The smallest absolute Gasteiger partial charge is 0.0598 e. The van der Waals surface area contributed by atoms with E-state index in [-0.39, 0.29) is 0 Å². The number of hydrogen-bond donors (Lipinski definition) is 1. The standard InChI is InChI=1S/C18H26N2/c1-4-12-20-13-10-17(11-14-20)19-18(5-2)16-8-6-15(3)7-9-16/h1,6-9,17-19H,5,10-14H2,2-3H3. The monoisotopic (exact) mass is 270 g/mol. The molecule has 1 aromatic rings. The first-order chi connectivity index (χ1) is 9.72. The molecule has 1 fully saturated rings. The highest BCUT2D eigenvalue weighted by Crippen LogP contribution is 2.20. The van der Waals surface area contributed by atoms with E-state index in [1.165, 1.54) is 24.0 Å². The molecule has 1 N–H and O–H groups in total. The van der Waals surface area contributed by atoms with Crippen LogP contribution in [0, 0.1) is 19.3 Å². The molecule has 1 heterocycles. The number of benzene rings is 1. The van der Waals surface area contributed by atoms with Crippen molar-refractivity contribution in [2.45, 2.75) is 45.2 Å². The molecule has 2 rings (SSSR count). The van der Waals surface area contributed by atoms with Gasteiger partial charge < -0.3 is 5.32 Å². The summed E-state index contributed by atoms with van der Waals surface area (Å²) >= 11 is 0. The van der Waals surface area contributed by atoms with Crippen molar-refractivity contribution in [3.8, 4) is 12.3 Å². The summed E-state index contributed by atoms with van der Waals surface area (Å²) in [4.78, 5) is 2.37. The summed E-state index contributed by atoms with van der Waals surface area (Å²) in [5.41, 5.74) is 2.73. The van der Waals surface area contributed by atoms with E-state index in [0.717, 1.165) is 26.1 Å². The fraction of sp³-hybridized carbons (Fsp3) is 0.556. The average molecular weight is 270 g/mol. The lowest BCUT2D eigenvalue weighted by molar-refractivity contribution is 0.208. The molecule has 20 heavy (non-hydrogen) atoms. The molecule has 1 atom stereocenters. The van der Waals surface area contributed by atoms with Crippen LogP contribution in [0.25, 0.3) is 0 Å². The van der Waals surface area contributed by atoms with Gasteiger partial charge in [-0.05, 0) is 31.7 Å². The minimum atomic E-state index is 0.472. The van der Waals surface area contributed by atoms with E-state index < -0.39 is 0 Å². The number of piperidine rings is 1. The molecule has 0 spiro atoms. The largest absolute Gasteiger partial charge is 0.307 e. The molecule has 2 nitrogen and oxygen atoms in total. The predicted molar refractivity (Wildman–Crippen MR) is 85.6 cm³/mol. The summed E-state index contributed by atoms with van der Waals surface area (Å²) in [6, 6.07) is 10.0. The van der Waals surface area contributed by atoms with E-state index in [1.54, 1.807) is 0 Å². The highest BCUT2D eigenvalue weighted by molar-refractivity contribution is 5.24. The Bertz CT molecular complexity index is 435. The summed E-state index contributed by atoms with van der Waals surface area (Å²) in [7, 11) is 0. The first kappa shape index (κ1) is 15.1. The number of nitrogens with one attached hydrogen (secondary N) is 1. The van der Waals surface area contributed by atoms with Gasteiger partial charge in [-0.3, -0.25) is 4.90 Å². The van der Waals surface area contributed by atoms with Crippen molar-refractivity contribution >= 4 is 0 Å². The lowest BCUT2D eigenvalue weighted by Gasteiger charge is -2.33. The quantitative estimate of drug-likeness (QED) is 0.827. The van der Waals surface area contributed by atoms with Crippen LogP contribution in [0.4, 0.5) is 0 Å². The zero-order chi connectivity index (χ0) is 14.4. The van der Waals surface area contributed by atoms with Crippen molar-refractivity contribution in [3.63, 3.8) is 0 Å². The summed E-state index contributed by atoms with van der Waals surface area (Å²) in [6.07, 6.45) is 8.91. The lowest BCUT2D eigenvalue weighted by atomic mass is 9.98. The van der Waals surface area contributed by atoms with Gasteiger partial charge in [0.15, 0.2) is 0 Å². The molecular weight excluding hydrogens is 244 g/mol. The Morgan fingerprint density at radius 2 is 1.95 bits per heavy atom. The molecule has 1 aliphatic rings. The van der Waals surface area contributed by atoms with Gasteiger partial charge in [0, 0.05) is 25.2 Å². The van der Waals surface area contributed by atoms with Crippen molar-refractivity contribution in [2.24, 2.45) is 0 Å². The summed E-state index contributed by atoms with van der Waals surface area (Å²) < 4.78 is 0. The molecule has 1 aromatic carbocycles. The maximum absolute atomic E-state index is 5.38. The van der Waals surface area contributed by atoms with Crippen LogP contribution in [0.5, 0.6) is 0 Å². The second kappa shape index (κ2) is 7.47. The third-order valence-electron chi connectivity index (χ3n) is 4.23. The Hall–Kier alpha value is -1.30. The van der Waals surface area contributed by atoms with Gasteiger partial charge in [0.2, 0.25) is 0 Å². The fourth-order valence-corrected chi connectivity index (χ4v) is 2.92. The Kier molecular flexibility index (Phi) is 5.64. The van der Waals surface area contributed by atoms with Crippen molar-refractivity contribution in [1.82, 2.24) is 10.2 Å². The maximum atomic E-state index is 5.38. The van der Waals surface area contributed by atoms with Crippen molar-refractivity contribution in [3.05, 3.63) is 35.4 Å². The molecule has 0 aromatic heterocycles. The SMILES string of the molecule is C#CCN1CCC(NC(CC)c2ccc(C)cc2)CC1. The van der Waals surface area contributed by atoms with Crippen LogP contribution in [0.15, 0.2) is 24.3 Å². The molecular formula is C18H26N2. The van der Waals surface area contributed by atoms with Crippen molar-refractivity contribution in [2.75, 3.05) is 19.6 Å². The second-order valence-electron chi connectivity index (χ2n) is 5.79. The molecule has 0 saturated carbocycles. The van der Waals surface area contributed by atoms with Gasteiger partial charge in [0.05, 0.1) is 6.54 Å². The third kappa shape index (κ3) is 4.10. The minimum Gasteiger partial charge on any atom is -0.307 e. The van der Waals surface area contributed by atoms with Crippen LogP contribution in [-0.2, 0) is 0 Å². The maximum Gasteiger partial charge on any atom is 0.0598 e. The minimum absolute atomic E-state index is 0.472. The topological polar surface area (TPSA) is 15.3 Å². The van der Waals surface area contributed by atoms with Crippen LogP contribution in [0.2, 0.25) is 0 Å². The van der Waals surface area contributed by atoms with E-state index in [2.05, 4.69) is 54.3 Å². The van der Waals surface area contributed by atoms with Crippen LogP contribution >= 0.6 is 0 Å². The summed E-state index contributed by atoms with van der Waals surface area (Å²) in [6.45, 7) is 7.42. The first-order valence-corrected chi connectivity index (χ1v) is 7.71. The van der Waals surface area contributed by atoms with E-state index in [1.807, 2.05) is 0 Å². The Balaban J connectivity index is 1.88. The van der Waals surface area contributed by atoms with E-state index in [4.69, 9.17) is 6.42 Å². The van der Waals surface area contributed by atoms with Crippen molar-refractivity contribution in [1.29, 1.82) is 0 Å². The summed E-state index contributed by atoms with van der Waals surface area (Å²) in [5, 5.41) is 3.83. The Morgan fingerprint density at radius 3 is 2.50 bits per heavy atom. The van der Waals surface area contributed by atoms with Gasteiger partial charge in [0.1, 0.15) is 0 Å². The first-order valence-electron chi connectivity index (χ1n) is 7.71. The number of rotatable bonds is 5. The van der Waals surface area contributed by atoms with Crippen LogP contribution in [0.3, 0.4) is 0 Å². The molecule has 0 aliphatic carbocycles. The third-order valence-corrected chi connectivity index (χ3v) is 4.23. The van der Waals surface area contributed by atoms with E-state index in [0.29, 0.717) is 12.1 Å². The number of terminal acetylenes is 1. The van der Waals surface area contributed by atoms with Gasteiger partial charge in [-0.1, -0.05) is 42.7 Å². The average Bonchev–Trinajstić information content (AvgIpc) is 2.48. The highest BCUT2D eigenvalue weighted by atomic mass is 15.1. The van der Waals surface area contributed by atoms with Gasteiger partial charge in [0.25, 0.3) is 0 Å². The molecule has 0 amide bonds. The normalized spacial score (nSPS) is 18.6. The molecule has 1 unspecified atom stereocenters. The highest BCUT2D eigenvalue weighted by Gasteiger charge is 2.21. The van der Waals surface area contributed by atoms with E-state index >= 15 is 0 Å². The molecule has 0 radical (unpaired) electrons.